The molecule has 0 saturated heterocycles. The van der Waals surface area contributed by atoms with Crippen LogP contribution in [0.2, 0.25) is 0 Å². The maximum atomic E-state index is 11.3. The molecule has 1 heterocycles. The van der Waals surface area contributed by atoms with Gasteiger partial charge in [-0.3, -0.25) is 4.68 Å². The molecule has 0 aliphatic heterocycles. The summed E-state index contributed by atoms with van der Waals surface area (Å²) in [6, 6.07) is 13.6. The van der Waals surface area contributed by atoms with Gasteiger partial charge in [-0.25, -0.2) is 0 Å². The monoisotopic (exact) mass is 386 g/mol. The predicted molar refractivity (Wildman–Crippen MR) is 98.2 cm³/mol. The molecule has 3 rings (SSSR count). The third kappa shape index (κ3) is 3.51. The molecular formula is C19H19BrN2O2. The quantitative estimate of drug-likeness (QED) is 0.541. The van der Waals surface area contributed by atoms with Crippen LogP contribution in [0.15, 0.2) is 53.1 Å². The lowest BCUT2D eigenvalue weighted by molar-refractivity contribution is -0.110. The molecule has 0 fully saturated rings. The van der Waals surface area contributed by atoms with E-state index in [-0.39, 0.29) is 6.04 Å². The summed E-state index contributed by atoms with van der Waals surface area (Å²) < 4.78 is 8.65. The highest BCUT2D eigenvalue weighted by atomic mass is 79.9. The standard InChI is InChI=1S/C19H19BrN2O2/c1-2-6-15(12-23)22-11-16-18(21-22)10-9-17(20)19(16)24-13-14-7-4-3-5-8-14/h3-5,7-12,15H,2,6,13H2,1H3. The number of carbonyl (C=O) groups excluding carboxylic acids is 1. The number of aromatic nitrogens is 2. The highest BCUT2D eigenvalue weighted by molar-refractivity contribution is 9.10. The Balaban J connectivity index is 1.93. The molecule has 2 aromatic carbocycles. The fraction of sp³-hybridized carbons (Fsp3) is 0.263. The summed E-state index contributed by atoms with van der Waals surface area (Å²) >= 11 is 3.55. The van der Waals surface area contributed by atoms with Gasteiger partial charge in [0.1, 0.15) is 24.7 Å². The zero-order valence-electron chi connectivity index (χ0n) is 13.5. The Hall–Kier alpha value is -2.14. The Morgan fingerprint density at radius 3 is 2.75 bits per heavy atom. The normalized spacial score (nSPS) is 12.2. The minimum Gasteiger partial charge on any atom is -0.487 e. The number of ether oxygens (including phenoxy) is 1. The van der Waals surface area contributed by atoms with E-state index in [1.54, 1.807) is 4.68 Å². The van der Waals surface area contributed by atoms with E-state index in [1.165, 1.54) is 0 Å². The van der Waals surface area contributed by atoms with Gasteiger partial charge in [-0.05, 0) is 40.0 Å². The molecule has 0 saturated carbocycles. The van der Waals surface area contributed by atoms with E-state index in [1.807, 2.05) is 48.7 Å². The van der Waals surface area contributed by atoms with Gasteiger partial charge in [0.2, 0.25) is 0 Å². The number of hydrogen-bond acceptors (Lipinski definition) is 3. The average molecular weight is 387 g/mol. The summed E-state index contributed by atoms with van der Waals surface area (Å²) in [7, 11) is 0. The summed E-state index contributed by atoms with van der Waals surface area (Å²) in [5.41, 5.74) is 1.93. The van der Waals surface area contributed by atoms with Crippen LogP contribution in [-0.4, -0.2) is 16.1 Å². The zero-order chi connectivity index (χ0) is 16.9. The number of hydrogen-bond donors (Lipinski definition) is 0. The van der Waals surface area contributed by atoms with Gasteiger partial charge in [0.05, 0.1) is 15.4 Å². The summed E-state index contributed by atoms with van der Waals surface area (Å²) in [5, 5.41) is 5.45. The number of fused-ring (bicyclic) bond motifs is 1. The number of benzene rings is 2. The maximum Gasteiger partial charge on any atom is 0.144 e. The van der Waals surface area contributed by atoms with E-state index in [0.717, 1.165) is 45.8 Å². The second kappa shape index (κ2) is 7.62. The molecule has 0 spiro atoms. The van der Waals surface area contributed by atoms with Crippen LogP contribution in [0.3, 0.4) is 0 Å². The lowest BCUT2D eigenvalue weighted by Gasteiger charge is -2.09. The van der Waals surface area contributed by atoms with E-state index >= 15 is 0 Å². The van der Waals surface area contributed by atoms with Gasteiger partial charge in [-0.15, -0.1) is 0 Å². The Bertz CT molecular complexity index is 830. The van der Waals surface area contributed by atoms with Crippen LogP contribution in [0.4, 0.5) is 0 Å². The van der Waals surface area contributed by atoms with Crippen LogP contribution in [0.25, 0.3) is 10.9 Å². The average Bonchev–Trinajstić information content (AvgIpc) is 3.03. The van der Waals surface area contributed by atoms with Crippen molar-refractivity contribution in [2.75, 3.05) is 0 Å². The lowest BCUT2D eigenvalue weighted by Crippen LogP contribution is -2.10. The molecular weight excluding hydrogens is 368 g/mol. The maximum absolute atomic E-state index is 11.3. The van der Waals surface area contributed by atoms with Gasteiger partial charge >= 0.3 is 0 Å². The fourth-order valence-corrected chi connectivity index (χ4v) is 3.13. The molecule has 0 amide bonds. The Morgan fingerprint density at radius 1 is 1.25 bits per heavy atom. The SMILES string of the molecule is CCCC(C=O)n1cc2c(OCc3ccccc3)c(Br)ccc2n1. The van der Waals surface area contributed by atoms with Gasteiger partial charge < -0.3 is 9.53 Å². The number of carbonyl (C=O) groups is 1. The van der Waals surface area contributed by atoms with Gasteiger partial charge in [-0.2, -0.15) is 5.10 Å². The van der Waals surface area contributed by atoms with Crippen molar-refractivity contribution in [3.8, 4) is 5.75 Å². The molecule has 1 unspecified atom stereocenters. The minimum absolute atomic E-state index is 0.233. The topological polar surface area (TPSA) is 44.1 Å². The first-order valence-electron chi connectivity index (χ1n) is 8.02. The second-order valence-corrected chi connectivity index (χ2v) is 6.54. The van der Waals surface area contributed by atoms with E-state index in [2.05, 4.69) is 28.0 Å². The van der Waals surface area contributed by atoms with Crippen LogP contribution < -0.4 is 4.74 Å². The molecule has 1 aromatic heterocycles. The largest absolute Gasteiger partial charge is 0.487 e. The van der Waals surface area contributed by atoms with Crippen LogP contribution >= 0.6 is 15.9 Å². The van der Waals surface area contributed by atoms with E-state index < -0.39 is 0 Å². The molecule has 4 nitrogen and oxygen atoms in total. The molecule has 0 aliphatic carbocycles. The number of rotatable bonds is 7. The number of aldehydes is 1. The number of nitrogens with zero attached hydrogens (tertiary/aromatic N) is 2. The van der Waals surface area contributed by atoms with Crippen LogP contribution in [0.1, 0.15) is 31.4 Å². The highest BCUT2D eigenvalue weighted by Crippen LogP contribution is 2.34. The second-order valence-electron chi connectivity index (χ2n) is 5.68. The van der Waals surface area contributed by atoms with Crippen molar-refractivity contribution in [3.05, 3.63) is 58.7 Å². The summed E-state index contributed by atoms with van der Waals surface area (Å²) in [4.78, 5) is 11.3. The third-order valence-corrected chi connectivity index (χ3v) is 4.54. The smallest absolute Gasteiger partial charge is 0.144 e. The van der Waals surface area contributed by atoms with Gasteiger partial charge in [0.25, 0.3) is 0 Å². The van der Waals surface area contributed by atoms with Crippen molar-refractivity contribution < 1.29 is 9.53 Å². The lowest BCUT2D eigenvalue weighted by atomic mass is 10.2. The zero-order valence-corrected chi connectivity index (χ0v) is 15.1. The first kappa shape index (κ1) is 16.7. The van der Waals surface area contributed by atoms with Gasteiger partial charge in [0.15, 0.2) is 0 Å². The summed E-state index contributed by atoms with van der Waals surface area (Å²) in [6.07, 6.45) is 4.56. The Morgan fingerprint density at radius 2 is 2.04 bits per heavy atom. The fourth-order valence-electron chi connectivity index (χ4n) is 2.66. The van der Waals surface area contributed by atoms with Crippen molar-refractivity contribution in [1.29, 1.82) is 0 Å². The molecule has 0 N–H and O–H groups in total. The molecule has 0 radical (unpaired) electrons. The van der Waals surface area contributed by atoms with Crippen molar-refractivity contribution in [2.45, 2.75) is 32.4 Å². The van der Waals surface area contributed by atoms with Crippen molar-refractivity contribution >= 4 is 33.1 Å². The van der Waals surface area contributed by atoms with Gasteiger partial charge in [-0.1, -0.05) is 43.7 Å². The molecule has 0 bridgehead atoms. The Kier molecular flexibility index (Phi) is 5.30. The first-order valence-corrected chi connectivity index (χ1v) is 8.81. The third-order valence-electron chi connectivity index (χ3n) is 3.92. The van der Waals surface area contributed by atoms with Crippen molar-refractivity contribution in [2.24, 2.45) is 0 Å². The van der Waals surface area contributed by atoms with Crippen molar-refractivity contribution in [3.63, 3.8) is 0 Å². The molecule has 0 aliphatic rings. The van der Waals surface area contributed by atoms with E-state index in [9.17, 15) is 4.79 Å². The molecule has 3 aromatic rings. The van der Waals surface area contributed by atoms with Crippen LogP contribution in [0.5, 0.6) is 5.75 Å². The molecule has 5 heteroatoms. The number of halogens is 1. The predicted octanol–water partition coefficient (Wildman–Crippen LogP) is 4.92. The summed E-state index contributed by atoms with van der Waals surface area (Å²) in [5.74, 6) is 0.753. The van der Waals surface area contributed by atoms with Gasteiger partial charge in [0, 0.05) is 6.20 Å². The van der Waals surface area contributed by atoms with Crippen LogP contribution in [0, 0.1) is 0 Å². The molecule has 24 heavy (non-hydrogen) atoms. The summed E-state index contributed by atoms with van der Waals surface area (Å²) in [6.45, 7) is 2.54. The van der Waals surface area contributed by atoms with Crippen LogP contribution in [-0.2, 0) is 11.4 Å². The minimum atomic E-state index is -0.233. The molecule has 124 valence electrons. The van der Waals surface area contributed by atoms with E-state index in [4.69, 9.17) is 4.74 Å². The van der Waals surface area contributed by atoms with Crippen molar-refractivity contribution in [1.82, 2.24) is 9.78 Å². The highest BCUT2D eigenvalue weighted by Gasteiger charge is 2.15. The Labute approximate surface area is 149 Å². The first-order chi connectivity index (χ1) is 11.7. The molecule has 1 atom stereocenters. The van der Waals surface area contributed by atoms with E-state index in [0.29, 0.717) is 6.61 Å².